The molecule has 0 saturated heterocycles. The van der Waals surface area contributed by atoms with Gasteiger partial charge < -0.3 is 4.74 Å². The van der Waals surface area contributed by atoms with E-state index in [2.05, 4.69) is 10.1 Å². The van der Waals surface area contributed by atoms with Gasteiger partial charge >= 0.3 is 0 Å². The number of aromatic nitrogens is 3. The Morgan fingerprint density at radius 2 is 1.74 bits per heavy atom. The van der Waals surface area contributed by atoms with Gasteiger partial charge in [-0.25, -0.2) is 4.68 Å². The van der Waals surface area contributed by atoms with Crippen molar-refractivity contribution in [2.45, 2.75) is 25.4 Å². The summed E-state index contributed by atoms with van der Waals surface area (Å²) < 4.78 is 7.37. The summed E-state index contributed by atoms with van der Waals surface area (Å²) in [6.45, 7) is 2.01. The van der Waals surface area contributed by atoms with Gasteiger partial charge in [0.2, 0.25) is 5.95 Å². The molecule has 0 spiro atoms. The summed E-state index contributed by atoms with van der Waals surface area (Å²) in [6, 6.07) is 20.9. The number of para-hydroxylation sites is 1. The van der Waals surface area contributed by atoms with Gasteiger partial charge in [0.05, 0.1) is 24.1 Å². The highest BCUT2D eigenvalue weighted by Gasteiger charge is 2.40. The van der Waals surface area contributed by atoms with Crippen molar-refractivity contribution in [3.05, 3.63) is 111 Å². The Balaban J connectivity index is 1.64. The van der Waals surface area contributed by atoms with Crippen molar-refractivity contribution in [2.75, 3.05) is 12.0 Å². The minimum absolute atomic E-state index is 0.0744. The van der Waals surface area contributed by atoms with E-state index < -0.39 is 4.92 Å². The summed E-state index contributed by atoms with van der Waals surface area (Å²) in [5.74, 6) is 0.830. The van der Waals surface area contributed by atoms with E-state index >= 15 is 0 Å². The Labute approximate surface area is 201 Å². The molecule has 3 aromatic carbocycles. The maximum Gasteiger partial charge on any atom is 0.269 e. The Morgan fingerprint density at radius 3 is 2.43 bits per heavy atom. The van der Waals surface area contributed by atoms with Crippen molar-refractivity contribution < 1.29 is 14.5 Å². The molecule has 9 nitrogen and oxygen atoms in total. The maximum atomic E-state index is 13.8. The van der Waals surface area contributed by atoms with Gasteiger partial charge in [-0.2, -0.15) is 10.1 Å². The van der Waals surface area contributed by atoms with Crippen LogP contribution in [0.2, 0.25) is 0 Å². The molecule has 0 radical (unpaired) electrons. The van der Waals surface area contributed by atoms with Crippen LogP contribution in [0.25, 0.3) is 0 Å². The van der Waals surface area contributed by atoms with Crippen LogP contribution in [0, 0.1) is 17.0 Å². The van der Waals surface area contributed by atoms with Crippen LogP contribution in [0.15, 0.2) is 79.1 Å². The standard InChI is InChI=1S/C26H23N5O4/c1-17-7-9-18(10-8-17)22-15-23(21-5-3-4-6-24(21)35-2)30-26(27-16-28-30)29(22)25(32)19-11-13-20(14-12-19)31(33)34/h3-14,16,22-23H,15H2,1-2H3. The molecule has 1 aliphatic heterocycles. The molecule has 1 aliphatic rings. The number of non-ortho nitro benzene ring substituents is 1. The molecule has 4 aromatic rings. The van der Waals surface area contributed by atoms with Crippen molar-refractivity contribution >= 4 is 17.5 Å². The number of anilines is 1. The van der Waals surface area contributed by atoms with Gasteiger partial charge in [0, 0.05) is 23.3 Å². The van der Waals surface area contributed by atoms with Gasteiger partial charge in [0.25, 0.3) is 11.6 Å². The van der Waals surface area contributed by atoms with Gasteiger partial charge in [-0.05, 0) is 37.1 Å². The lowest BCUT2D eigenvalue weighted by Crippen LogP contribution is -2.42. The van der Waals surface area contributed by atoms with Crippen LogP contribution in [-0.4, -0.2) is 32.7 Å². The molecule has 2 heterocycles. The van der Waals surface area contributed by atoms with Crippen LogP contribution >= 0.6 is 0 Å². The van der Waals surface area contributed by atoms with Crippen LogP contribution in [0.4, 0.5) is 11.6 Å². The number of hydrogen-bond acceptors (Lipinski definition) is 6. The molecule has 35 heavy (non-hydrogen) atoms. The van der Waals surface area contributed by atoms with Crippen LogP contribution in [0.5, 0.6) is 5.75 Å². The second-order valence-electron chi connectivity index (χ2n) is 8.40. The number of methoxy groups -OCH3 is 1. The van der Waals surface area contributed by atoms with Crippen molar-refractivity contribution in [1.82, 2.24) is 14.8 Å². The Kier molecular flexibility index (Phi) is 5.74. The average molecular weight is 470 g/mol. The fourth-order valence-electron chi connectivity index (χ4n) is 4.56. The summed E-state index contributed by atoms with van der Waals surface area (Å²) in [6.07, 6.45) is 1.98. The number of fused-ring (bicyclic) bond motifs is 1. The molecule has 2 atom stereocenters. The quantitative estimate of drug-likeness (QED) is 0.305. The van der Waals surface area contributed by atoms with Crippen molar-refractivity contribution in [3.63, 3.8) is 0 Å². The number of nitro groups is 1. The first-order valence-corrected chi connectivity index (χ1v) is 11.1. The summed E-state index contributed by atoms with van der Waals surface area (Å²) in [5, 5.41) is 15.5. The number of nitrogens with zero attached hydrogens (tertiary/aromatic N) is 5. The molecule has 2 unspecified atom stereocenters. The third-order valence-electron chi connectivity index (χ3n) is 6.33. The van der Waals surface area contributed by atoms with Gasteiger partial charge in [-0.15, -0.1) is 0 Å². The number of carbonyl (C=O) groups is 1. The lowest BCUT2D eigenvalue weighted by atomic mass is 9.90. The average Bonchev–Trinajstić information content (AvgIpc) is 3.38. The van der Waals surface area contributed by atoms with E-state index in [0.29, 0.717) is 17.9 Å². The van der Waals surface area contributed by atoms with E-state index in [-0.39, 0.29) is 23.7 Å². The van der Waals surface area contributed by atoms with Crippen LogP contribution in [-0.2, 0) is 0 Å². The smallest absolute Gasteiger partial charge is 0.269 e. The highest BCUT2D eigenvalue weighted by atomic mass is 16.6. The van der Waals surface area contributed by atoms with Gasteiger partial charge in [-0.1, -0.05) is 48.0 Å². The number of amides is 1. The predicted molar refractivity (Wildman–Crippen MR) is 130 cm³/mol. The third kappa shape index (κ3) is 4.01. The number of benzene rings is 3. The summed E-state index contributed by atoms with van der Waals surface area (Å²) >= 11 is 0. The highest BCUT2D eigenvalue weighted by Crippen LogP contribution is 2.44. The molecular weight excluding hydrogens is 446 g/mol. The zero-order valence-electron chi connectivity index (χ0n) is 19.2. The summed E-state index contributed by atoms with van der Waals surface area (Å²) in [5.41, 5.74) is 3.27. The topological polar surface area (TPSA) is 103 Å². The number of hydrogen-bond donors (Lipinski definition) is 0. The second kappa shape index (κ2) is 9.02. The van der Waals surface area contributed by atoms with Crippen LogP contribution in [0.1, 0.15) is 45.6 Å². The molecule has 0 bridgehead atoms. The van der Waals surface area contributed by atoms with E-state index in [4.69, 9.17) is 4.74 Å². The minimum Gasteiger partial charge on any atom is -0.496 e. The van der Waals surface area contributed by atoms with Crippen molar-refractivity contribution in [1.29, 1.82) is 0 Å². The zero-order valence-corrected chi connectivity index (χ0v) is 19.2. The molecule has 0 N–H and O–H groups in total. The SMILES string of the molecule is COc1ccccc1C1CC(c2ccc(C)cc2)N(C(=O)c2ccc([N+](=O)[O-])cc2)c2ncnn21. The monoisotopic (exact) mass is 469 g/mol. The minimum atomic E-state index is -0.487. The molecule has 0 saturated carbocycles. The first-order chi connectivity index (χ1) is 17.0. The molecule has 5 rings (SSSR count). The van der Waals surface area contributed by atoms with Crippen molar-refractivity contribution in [2.24, 2.45) is 0 Å². The number of ether oxygens (including phenoxy) is 1. The highest BCUT2D eigenvalue weighted by molar-refractivity contribution is 6.06. The molecule has 9 heteroatoms. The Hall–Kier alpha value is -4.53. The number of rotatable bonds is 5. The fourth-order valence-corrected chi connectivity index (χ4v) is 4.56. The zero-order chi connectivity index (χ0) is 24.5. The predicted octanol–water partition coefficient (Wildman–Crippen LogP) is 4.88. The maximum absolute atomic E-state index is 13.8. The summed E-state index contributed by atoms with van der Waals surface area (Å²) in [7, 11) is 1.63. The van der Waals surface area contributed by atoms with Gasteiger partial charge in [0.1, 0.15) is 12.1 Å². The normalized spacial score (nSPS) is 17.0. The molecule has 1 amide bonds. The van der Waals surface area contributed by atoms with E-state index in [1.54, 1.807) is 16.7 Å². The second-order valence-corrected chi connectivity index (χ2v) is 8.40. The van der Waals surface area contributed by atoms with E-state index in [1.807, 2.05) is 55.5 Å². The molecule has 1 aromatic heterocycles. The first-order valence-electron chi connectivity index (χ1n) is 11.1. The largest absolute Gasteiger partial charge is 0.496 e. The Bertz CT molecular complexity index is 1380. The van der Waals surface area contributed by atoms with E-state index in [9.17, 15) is 14.9 Å². The fraction of sp³-hybridized carbons (Fsp3) is 0.192. The van der Waals surface area contributed by atoms with E-state index in [1.165, 1.54) is 30.6 Å². The van der Waals surface area contributed by atoms with Gasteiger partial charge in [-0.3, -0.25) is 19.8 Å². The molecule has 0 aliphatic carbocycles. The molecule has 0 fully saturated rings. The number of aryl methyl sites for hydroxylation is 1. The Morgan fingerprint density at radius 1 is 1.03 bits per heavy atom. The third-order valence-corrected chi connectivity index (χ3v) is 6.33. The van der Waals surface area contributed by atoms with Crippen LogP contribution in [0.3, 0.4) is 0 Å². The summed E-state index contributed by atoms with van der Waals surface area (Å²) in [4.78, 5) is 30.5. The lowest BCUT2D eigenvalue weighted by molar-refractivity contribution is -0.384. The number of carbonyl (C=O) groups excluding carboxylic acids is 1. The van der Waals surface area contributed by atoms with Crippen molar-refractivity contribution in [3.8, 4) is 5.75 Å². The van der Waals surface area contributed by atoms with E-state index in [0.717, 1.165) is 22.4 Å². The lowest BCUT2D eigenvalue weighted by Gasteiger charge is -2.39. The molecular formula is C26H23N5O4. The molecule has 176 valence electrons. The van der Waals surface area contributed by atoms with Crippen LogP contribution < -0.4 is 9.64 Å². The van der Waals surface area contributed by atoms with Gasteiger partial charge in [0.15, 0.2) is 0 Å². The number of nitro benzene ring substituents is 1. The first kappa shape index (κ1) is 22.3.